The highest BCUT2D eigenvalue weighted by Crippen LogP contribution is 2.01. The van der Waals surface area contributed by atoms with Gasteiger partial charge in [-0.25, -0.2) is 0 Å². The minimum atomic E-state index is -0.189. The van der Waals surface area contributed by atoms with Gasteiger partial charge < -0.3 is 9.30 Å². The number of rotatable bonds is 3. The highest BCUT2D eigenvalue weighted by Gasteiger charge is 2.11. The Morgan fingerprint density at radius 1 is 1.33 bits per heavy atom. The molecular weight excluding hydrogens is 230 g/mol. The molecular formula is C13H17N3O2. The molecule has 0 saturated carbocycles. The summed E-state index contributed by atoms with van der Waals surface area (Å²) in [6, 6.07) is 5.34. The van der Waals surface area contributed by atoms with Gasteiger partial charge in [-0.3, -0.25) is 9.69 Å². The average Bonchev–Trinajstić information content (AvgIpc) is 2.40. The summed E-state index contributed by atoms with van der Waals surface area (Å²) in [5, 5.41) is 8.86. The molecule has 0 atom stereocenters. The van der Waals surface area contributed by atoms with Gasteiger partial charge >= 0.3 is 0 Å². The van der Waals surface area contributed by atoms with Crippen molar-refractivity contribution in [3.8, 4) is 6.07 Å². The predicted molar refractivity (Wildman–Crippen MR) is 67.4 cm³/mol. The Kier molecular flexibility index (Phi) is 4.13. The lowest BCUT2D eigenvalue weighted by atomic mass is 10.2. The summed E-state index contributed by atoms with van der Waals surface area (Å²) in [6.45, 7) is 6.66. The van der Waals surface area contributed by atoms with E-state index in [1.807, 2.05) is 19.1 Å². The minimum Gasteiger partial charge on any atom is -0.379 e. The zero-order valence-electron chi connectivity index (χ0n) is 10.6. The Bertz CT molecular complexity index is 510. The quantitative estimate of drug-likeness (QED) is 0.774. The molecule has 1 aromatic rings. The summed E-state index contributed by atoms with van der Waals surface area (Å²) in [5.41, 5.74) is 0.917. The van der Waals surface area contributed by atoms with Gasteiger partial charge in [0.15, 0.2) is 0 Å². The molecule has 0 spiro atoms. The zero-order valence-corrected chi connectivity index (χ0v) is 10.6. The molecule has 5 heteroatoms. The fraction of sp³-hybridized carbons (Fsp3) is 0.538. The Morgan fingerprint density at radius 3 is 2.72 bits per heavy atom. The molecule has 96 valence electrons. The normalized spacial score (nSPS) is 16.4. The summed E-state index contributed by atoms with van der Waals surface area (Å²) in [4.78, 5) is 14.3. The molecule has 0 unspecified atom stereocenters. The van der Waals surface area contributed by atoms with Gasteiger partial charge in [0, 0.05) is 31.9 Å². The summed E-state index contributed by atoms with van der Waals surface area (Å²) in [6.07, 6.45) is 0. The third-order valence-corrected chi connectivity index (χ3v) is 3.26. The van der Waals surface area contributed by atoms with Crippen molar-refractivity contribution in [3.63, 3.8) is 0 Å². The molecule has 0 N–H and O–H groups in total. The van der Waals surface area contributed by atoms with Crippen LogP contribution in [0.3, 0.4) is 0 Å². The van der Waals surface area contributed by atoms with Crippen LogP contribution >= 0.6 is 0 Å². The number of pyridine rings is 1. The van der Waals surface area contributed by atoms with E-state index in [0.717, 1.165) is 38.5 Å². The Balaban J connectivity index is 2.09. The molecule has 18 heavy (non-hydrogen) atoms. The van der Waals surface area contributed by atoms with Crippen LogP contribution in [0.4, 0.5) is 0 Å². The second-order valence-electron chi connectivity index (χ2n) is 4.41. The van der Waals surface area contributed by atoms with Gasteiger partial charge in [-0.05, 0) is 19.1 Å². The smallest absolute Gasteiger partial charge is 0.268 e. The first-order chi connectivity index (χ1) is 8.72. The first kappa shape index (κ1) is 12.8. The maximum atomic E-state index is 12.0. The van der Waals surface area contributed by atoms with Crippen molar-refractivity contribution >= 4 is 0 Å². The van der Waals surface area contributed by atoms with Gasteiger partial charge in [0.2, 0.25) is 0 Å². The monoisotopic (exact) mass is 247 g/mol. The van der Waals surface area contributed by atoms with Crippen molar-refractivity contribution in [3.05, 3.63) is 33.7 Å². The van der Waals surface area contributed by atoms with Crippen LogP contribution in [-0.4, -0.2) is 42.3 Å². The molecule has 1 aromatic heterocycles. The number of aryl methyl sites for hydroxylation is 1. The Morgan fingerprint density at radius 2 is 2.06 bits per heavy atom. The molecule has 5 nitrogen and oxygen atoms in total. The van der Waals surface area contributed by atoms with Crippen LogP contribution in [0.5, 0.6) is 0 Å². The van der Waals surface area contributed by atoms with Gasteiger partial charge in [0.25, 0.3) is 5.56 Å². The molecule has 0 amide bonds. The van der Waals surface area contributed by atoms with E-state index >= 15 is 0 Å². The summed E-state index contributed by atoms with van der Waals surface area (Å²) < 4.78 is 6.96. The number of nitriles is 1. The van der Waals surface area contributed by atoms with E-state index in [9.17, 15) is 4.79 Å². The van der Waals surface area contributed by atoms with Crippen molar-refractivity contribution in [2.45, 2.75) is 13.5 Å². The fourth-order valence-electron chi connectivity index (χ4n) is 2.10. The van der Waals surface area contributed by atoms with E-state index in [-0.39, 0.29) is 11.1 Å². The lowest BCUT2D eigenvalue weighted by molar-refractivity contribution is 0.0362. The van der Waals surface area contributed by atoms with Crippen LogP contribution < -0.4 is 5.56 Å². The molecule has 0 bridgehead atoms. The first-order valence-electron chi connectivity index (χ1n) is 6.13. The van der Waals surface area contributed by atoms with Gasteiger partial charge in [-0.2, -0.15) is 5.26 Å². The maximum Gasteiger partial charge on any atom is 0.268 e. The molecule has 2 rings (SSSR count). The Labute approximate surface area is 106 Å². The molecule has 1 fully saturated rings. The standard InChI is InChI=1S/C13H17N3O2/c1-11-2-3-12(10-14)13(17)16(11)5-4-15-6-8-18-9-7-15/h2-3H,4-9H2,1H3. The van der Waals surface area contributed by atoms with Gasteiger partial charge in [-0.1, -0.05) is 0 Å². The predicted octanol–water partition coefficient (Wildman–Crippen LogP) is 0.361. The number of aromatic nitrogens is 1. The van der Waals surface area contributed by atoms with Crippen molar-refractivity contribution < 1.29 is 4.74 Å². The summed E-state index contributed by atoms with van der Waals surface area (Å²) in [7, 11) is 0. The second-order valence-corrected chi connectivity index (χ2v) is 4.41. The van der Waals surface area contributed by atoms with Crippen LogP contribution in [0.2, 0.25) is 0 Å². The highest BCUT2D eigenvalue weighted by atomic mass is 16.5. The molecule has 0 aliphatic carbocycles. The van der Waals surface area contributed by atoms with Crippen molar-refractivity contribution in [2.24, 2.45) is 0 Å². The Hall–Kier alpha value is -1.64. The SMILES string of the molecule is Cc1ccc(C#N)c(=O)n1CCN1CCOCC1. The largest absolute Gasteiger partial charge is 0.379 e. The van der Waals surface area contributed by atoms with Crippen LogP contribution in [0.15, 0.2) is 16.9 Å². The third-order valence-electron chi connectivity index (χ3n) is 3.26. The number of ether oxygens (including phenoxy) is 1. The minimum absolute atomic E-state index is 0.189. The lowest BCUT2D eigenvalue weighted by Gasteiger charge is -2.27. The van der Waals surface area contributed by atoms with Crippen LogP contribution in [0, 0.1) is 18.3 Å². The topological polar surface area (TPSA) is 58.3 Å². The summed E-state index contributed by atoms with van der Waals surface area (Å²) in [5.74, 6) is 0. The van der Waals surface area contributed by atoms with E-state index in [1.54, 1.807) is 10.6 Å². The van der Waals surface area contributed by atoms with Crippen molar-refractivity contribution in [1.29, 1.82) is 5.26 Å². The summed E-state index contributed by atoms with van der Waals surface area (Å²) >= 11 is 0. The van der Waals surface area contributed by atoms with Gasteiger partial charge in [0.1, 0.15) is 11.6 Å². The van der Waals surface area contributed by atoms with E-state index in [4.69, 9.17) is 10.00 Å². The molecule has 1 saturated heterocycles. The van der Waals surface area contributed by atoms with Gasteiger partial charge in [0.05, 0.1) is 13.2 Å². The average molecular weight is 247 g/mol. The van der Waals surface area contributed by atoms with Crippen LogP contribution in [0.25, 0.3) is 0 Å². The van der Waals surface area contributed by atoms with E-state index in [1.165, 1.54) is 0 Å². The molecule has 2 heterocycles. The number of hydrogen-bond acceptors (Lipinski definition) is 4. The molecule has 1 aliphatic heterocycles. The highest BCUT2D eigenvalue weighted by molar-refractivity contribution is 5.27. The van der Waals surface area contributed by atoms with E-state index in [2.05, 4.69) is 4.90 Å². The molecule has 0 radical (unpaired) electrons. The van der Waals surface area contributed by atoms with Crippen LogP contribution in [-0.2, 0) is 11.3 Å². The second kappa shape index (κ2) is 5.80. The van der Waals surface area contributed by atoms with E-state index < -0.39 is 0 Å². The van der Waals surface area contributed by atoms with Gasteiger partial charge in [-0.15, -0.1) is 0 Å². The zero-order chi connectivity index (χ0) is 13.0. The maximum absolute atomic E-state index is 12.0. The third kappa shape index (κ3) is 2.78. The molecule has 0 aromatic carbocycles. The lowest BCUT2D eigenvalue weighted by Crippen LogP contribution is -2.39. The molecule has 1 aliphatic rings. The van der Waals surface area contributed by atoms with E-state index in [0.29, 0.717) is 6.54 Å². The fourth-order valence-corrected chi connectivity index (χ4v) is 2.10. The first-order valence-corrected chi connectivity index (χ1v) is 6.13. The number of hydrogen-bond donors (Lipinski definition) is 0. The van der Waals surface area contributed by atoms with Crippen molar-refractivity contribution in [2.75, 3.05) is 32.8 Å². The number of nitrogens with zero attached hydrogens (tertiary/aromatic N) is 3. The number of morpholine rings is 1. The van der Waals surface area contributed by atoms with Crippen molar-refractivity contribution in [1.82, 2.24) is 9.47 Å². The van der Waals surface area contributed by atoms with Crippen LogP contribution in [0.1, 0.15) is 11.3 Å².